The lowest BCUT2D eigenvalue weighted by molar-refractivity contribution is -0.146. The van der Waals surface area contributed by atoms with Gasteiger partial charge in [0.15, 0.2) is 0 Å². The molecular formula is C30H34F2N2O4. The quantitative estimate of drug-likeness (QED) is 0.414. The van der Waals surface area contributed by atoms with Gasteiger partial charge in [-0.3, -0.25) is 9.78 Å². The van der Waals surface area contributed by atoms with Crippen LogP contribution in [0.25, 0.3) is 0 Å². The van der Waals surface area contributed by atoms with Crippen molar-refractivity contribution in [2.45, 2.75) is 44.6 Å². The summed E-state index contributed by atoms with van der Waals surface area (Å²) in [4.78, 5) is 27.1. The van der Waals surface area contributed by atoms with Crippen LogP contribution in [-0.2, 0) is 33.5 Å². The lowest BCUT2D eigenvalue weighted by Crippen LogP contribution is -2.41. The van der Waals surface area contributed by atoms with E-state index < -0.39 is 0 Å². The van der Waals surface area contributed by atoms with E-state index in [1.54, 1.807) is 30.5 Å². The molecule has 0 radical (unpaired) electrons. The van der Waals surface area contributed by atoms with E-state index in [0.29, 0.717) is 18.0 Å². The van der Waals surface area contributed by atoms with Crippen molar-refractivity contribution in [3.8, 4) is 0 Å². The summed E-state index contributed by atoms with van der Waals surface area (Å²) in [6, 6.07) is 16.7. The van der Waals surface area contributed by atoms with Crippen LogP contribution in [0.15, 0.2) is 66.9 Å². The zero-order chi connectivity index (χ0) is 27.3. The summed E-state index contributed by atoms with van der Waals surface area (Å²) in [5.74, 6) is -0.900. The van der Waals surface area contributed by atoms with Crippen molar-refractivity contribution >= 4 is 11.9 Å². The van der Waals surface area contributed by atoms with E-state index in [4.69, 9.17) is 4.74 Å². The smallest absolute Gasteiger partial charge is 0.337 e. The van der Waals surface area contributed by atoms with Crippen LogP contribution < -0.4 is 5.32 Å². The van der Waals surface area contributed by atoms with Gasteiger partial charge in [0.1, 0.15) is 11.6 Å². The molecule has 1 aliphatic rings. The Kier molecular flexibility index (Phi) is 11.4. The SMILES string of the molecule is COC(=O)C1CCNC(CCc2ccc(F)cc2)C1.COC(=O)c1ccnc(CCc2ccc(F)cc2)c1. The van der Waals surface area contributed by atoms with E-state index in [0.717, 1.165) is 55.5 Å². The zero-order valence-electron chi connectivity index (χ0n) is 21.8. The van der Waals surface area contributed by atoms with Crippen molar-refractivity contribution in [3.05, 3.63) is 101 Å². The third-order valence-corrected chi connectivity index (χ3v) is 6.54. The van der Waals surface area contributed by atoms with Crippen LogP contribution in [0.2, 0.25) is 0 Å². The summed E-state index contributed by atoms with van der Waals surface area (Å²) >= 11 is 0. The highest BCUT2D eigenvalue weighted by molar-refractivity contribution is 5.89. The first kappa shape index (κ1) is 28.9. The Morgan fingerprint density at radius 1 is 0.895 bits per heavy atom. The minimum atomic E-state index is -0.370. The number of ether oxygens (including phenoxy) is 2. The molecule has 3 aromatic rings. The number of halogens is 2. The molecule has 1 saturated heterocycles. The van der Waals surface area contributed by atoms with Crippen LogP contribution >= 0.6 is 0 Å². The van der Waals surface area contributed by atoms with Gasteiger partial charge >= 0.3 is 11.9 Å². The van der Waals surface area contributed by atoms with Crippen LogP contribution in [0.4, 0.5) is 8.78 Å². The van der Waals surface area contributed by atoms with E-state index in [9.17, 15) is 18.4 Å². The van der Waals surface area contributed by atoms with Gasteiger partial charge in [-0.2, -0.15) is 0 Å². The predicted octanol–water partition coefficient (Wildman–Crippen LogP) is 5.09. The normalized spacial score (nSPS) is 16.6. The zero-order valence-corrected chi connectivity index (χ0v) is 21.8. The van der Waals surface area contributed by atoms with E-state index in [2.05, 4.69) is 15.0 Å². The summed E-state index contributed by atoms with van der Waals surface area (Å²) < 4.78 is 35.0. The monoisotopic (exact) mass is 524 g/mol. The molecule has 1 N–H and O–H groups in total. The molecule has 1 aliphatic heterocycles. The number of pyridine rings is 1. The number of carbonyl (C=O) groups is 2. The van der Waals surface area contributed by atoms with Crippen LogP contribution in [0.1, 0.15) is 46.4 Å². The van der Waals surface area contributed by atoms with Crippen LogP contribution in [0.5, 0.6) is 0 Å². The molecule has 38 heavy (non-hydrogen) atoms. The van der Waals surface area contributed by atoms with Gasteiger partial charge in [0.05, 0.1) is 25.7 Å². The van der Waals surface area contributed by atoms with Gasteiger partial charge in [-0.05, 0) is 92.6 Å². The fraction of sp³-hybridized carbons (Fsp3) is 0.367. The number of methoxy groups -OCH3 is 2. The number of carbonyl (C=O) groups excluding carboxylic acids is 2. The van der Waals surface area contributed by atoms with Crippen LogP contribution in [0.3, 0.4) is 0 Å². The van der Waals surface area contributed by atoms with Gasteiger partial charge in [-0.15, -0.1) is 0 Å². The number of esters is 2. The highest BCUT2D eigenvalue weighted by Gasteiger charge is 2.27. The second kappa shape index (κ2) is 14.9. The third-order valence-electron chi connectivity index (χ3n) is 6.54. The highest BCUT2D eigenvalue weighted by Crippen LogP contribution is 2.21. The molecule has 4 rings (SSSR count). The van der Waals surface area contributed by atoms with Crippen molar-refractivity contribution in [1.82, 2.24) is 10.3 Å². The topological polar surface area (TPSA) is 77.5 Å². The van der Waals surface area contributed by atoms with Gasteiger partial charge in [0.25, 0.3) is 0 Å². The van der Waals surface area contributed by atoms with Crippen LogP contribution in [-0.4, -0.2) is 43.7 Å². The molecule has 202 valence electrons. The van der Waals surface area contributed by atoms with Crippen molar-refractivity contribution in [1.29, 1.82) is 0 Å². The van der Waals surface area contributed by atoms with Crippen LogP contribution in [0, 0.1) is 17.6 Å². The second-order valence-electron chi connectivity index (χ2n) is 9.21. The second-order valence-corrected chi connectivity index (χ2v) is 9.21. The van der Waals surface area contributed by atoms with Gasteiger partial charge < -0.3 is 14.8 Å². The van der Waals surface area contributed by atoms with E-state index >= 15 is 0 Å². The summed E-state index contributed by atoms with van der Waals surface area (Å²) in [5.41, 5.74) is 3.47. The number of rotatable bonds is 8. The number of hydrogen-bond donors (Lipinski definition) is 1. The van der Waals surface area contributed by atoms with Gasteiger partial charge in [-0.1, -0.05) is 24.3 Å². The standard InChI is InChI=1S/C15H20FNO2.C15H14FNO2/c2*1-19-15(18)12-8-9-17-14(10-12)7-4-11-2-5-13(16)6-3-11/h2-3,5-6,12,14,17H,4,7-10H2,1H3;2-3,5-6,8-10H,4,7H2,1H3. The maximum atomic E-state index is 12.8. The van der Waals surface area contributed by atoms with E-state index in [1.807, 2.05) is 12.1 Å². The number of hydrogen-bond acceptors (Lipinski definition) is 6. The Labute approximate surface area is 222 Å². The minimum absolute atomic E-state index is 0.0180. The Hall–Kier alpha value is -3.65. The van der Waals surface area contributed by atoms with Crippen molar-refractivity contribution in [2.24, 2.45) is 5.92 Å². The lowest BCUT2D eigenvalue weighted by Gasteiger charge is -2.28. The van der Waals surface area contributed by atoms with Crippen molar-refractivity contribution in [2.75, 3.05) is 20.8 Å². The number of aromatic nitrogens is 1. The van der Waals surface area contributed by atoms with Gasteiger partial charge in [-0.25, -0.2) is 13.6 Å². The lowest BCUT2D eigenvalue weighted by atomic mass is 9.89. The fourth-order valence-corrected chi connectivity index (χ4v) is 4.38. The summed E-state index contributed by atoms with van der Waals surface area (Å²) in [7, 11) is 2.79. The molecule has 0 bridgehead atoms. The maximum absolute atomic E-state index is 12.8. The van der Waals surface area contributed by atoms with Gasteiger partial charge in [0.2, 0.25) is 0 Å². The summed E-state index contributed by atoms with van der Waals surface area (Å²) in [5, 5.41) is 3.43. The van der Waals surface area contributed by atoms with Crippen molar-refractivity contribution in [3.63, 3.8) is 0 Å². The minimum Gasteiger partial charge on any atom is -0.469 e. The fourth-order valence-electron chi connectivity index (χ4n) is 4.38. The Bertz CT molecular complexity index is 1170. The average Bonchev–Trinajstić information content (AvgIpc) is 2.96. The number of nitrogens with zero attached hydrogens (tertiary/aromatic N) is 1. The number of benzene rings is 2. The highest BCUT2D eigenvalue weighted by atomic mass is 19.1. The molecule has 2 aromatic carbocycles. The number of piperidine rings is 1. The first-order chi connectivity index (χ1) is 18.4. The predicted molar refractivity (Wildman–Crippen MR) is 141 cm³/mol. The Morgan fingerprint density at radius 3 is 2.13 bits per heavy atom. The first-order valence-corrected chi connectivity index (χ1v) is 12.7. The van der Waals surface area contributed by atoms with Gasteiger partial charge in [0, 0.05) is 17.9 Å². The molecular weight excluding hydrogens is 490 g/mol. The molecule has 0 saturated carbocycles. The summed E-state index contributed by atoms with van der Waals surface area (Å²) in [6.07, 6.45) is 6.55. The maximum Gasteiger partial charge on any atom is 0.337 e. The number of aryl methyl sites for hydroxylation is 3. The molecule has 0 aliphatic carbocycles. The molecule has 2 unspecified atom stereocenters. The molecule has 1 fully saturated rings. The molecule has 1 aromatic heterocycles. The number of nitrogens with one attached hydrogen (secondary N) is 1. The van der Waals surface area contributed by atoms with Crippen molar-refractivity contribution < 1.29 is 27.8 Å². The Morgan fingerprint density at radius 2 is 1.53 bits per heavy atom. The summed E-state index contributed by atoms with van der Waals surface area (Å²) in [6.45, 7) is 0.855. The molecule has 0 spiro atoms. The van der Waals surface area contributed by atoms with E-state index in [-0.39, 0.29) is 29.5 Å². The first-order valence-electron chi connectivity index (χ1n) is 12.7. The molecule has 8 heteroatoms. The molecule has 0 amide bonds. The average molecular weight is 525 g/mol. The third kappa shape index (κ3) is 9.34. The molecule has 6 nitrogen and oxygen atoms in total. The molecule has 2 heterocycles. The largest absolute Gasteiger partial charge is 0.469 e. The Balaban J connectivity index is 0.000000211. The van der Waals surface area contributed by atoms with E-state index in [1.165, 1.54) is 38.5 Å². The molecule has 2 atom stereocenters.